The molecule has 0 aliphatic heterocycles. The molecular weight excluding hydrogens is 184 g/mol. The third-order valence-electron chi connectivity index (χ3n) is 1.96. The first kappa shape index (κ1) is 11.0. The lowest BCUT2D eigenvalue weighted by Crippen LogP contribution is -2.19. The lowest BCUT2D eigenvalue weighted by molar-refractivity contribution is 0.121. The molecule has 5 nitrogen and oxygen atoms in total. The van der Waals surface area contributed by atoms with Gasteiger partial charge in [0.05, 0.1) is 5.56 Å². The summed E-state index contributed by atoms with van der Waals surface area (Å²) < 4.78 is 6.52. The van der Waals surface area contributed by atoms with Crippen LogP contribution in [0.3, 0.4) is 0 Å². The minimum atomic E-state index is -0.228. The molecule has 0 saturated heterocycles. The van der Waals surface area contributed by atoms with E-state index in [0.29, 0.717) is 11.3 Å². The van der Waals surface area contributed by atoms with Crippen LogP contribution < -0.4 is 11.5 Å². The van der Waals surface area contributed by atoms with Crippen molar-refractivity contribution in [1.29, 1.82) is 0 Å². The molecule has 0 saturated carbocycles. The highest BCUT2D eigenvalue weighted by Gasteiger charge is 2.26. The lowest BCUT2D eigenvalue weighted by atomic mass is 9.91. The van der Waals surface area contributed by atoms with Gasteiger partial charge in [0.25, 0.3) is 5.56 Å². The molecule has 0 bridgehead atoms. The molecule has 0 fully saturated rings. The molecule has 1 aromatic heterocycles. The first-order valence-electron chi connectivity index (χ1n) is 4.39. The molecule has 0 amide bonds. The third-order valence-corrected chi connectivity index (χ3v) is 1.96. The molecule has 0 aliphatic rings. The Morgan fingerprint density at radius 3 is 2.50 bits per heavy atom. The summed E-state index contributed by atoms with van der Waals surface area (Å²) >= 11 is 0. The van der Waals surface area contributed by atoms with Gasteiger partial charge in [-0.1, -0.05) is 20.8 Å². The minimum Gasteiger partial charge on any atom is -0.380 e. The van der Waals surface area contributed by atoms with Crippen molar-refractivity contribution in [2.75, 3.05) is 0 Å². The van der Waals surface area contributed by atoms with Gasteiger partial charge in [0, 0.05) is 12.5 Å². The van der Waals surface area contributed by atoms with Crippen molar-refractivity contribution in [3.05, 3.63) is 21.7 Å². The zero-order valence-electron chi connectivity index (χ0n) is 8.96. The van der Waals surface area contributed by atoms with Gasteiger partial charge < -0.3 is 4.52 Å². The number of aromatic nitrogens is 1. The Morgan fingerprint density at radius 1 is 1.50 bits per heavy atom. The maximum atomic E-state index is 11.6. The van der Waals surface area contributed by atoms with Gasteiger partial charge in [0.2, 0.25) is 0 Å². The van der Waals surface area contributed by atoms with Gasteiger partial charge in [-0.15, -0.1) is 0 Å². The number of rotatable bonds is 2. The Hall–Kier alpha value is -1.07. The summed E-state index contributed by atoms with van der Waals surface area (Å²) in [6.45, 7) is 5.97. The van der Waals surface area contributed by atoms with E-state index in [0.717, 1.165) is 0 Å². The maximum absolute atomic E-state index is 11.6. The Kier molecular flexibility index (Phi) is 2.82. The van der Waals surface area contributed by atoms with Gasteiger partial charge in [-0.2, -0.15) is 4.74 Å². The quantitative estimate of drug-likeness (QED) is 0.712. The first-order valence-corrected chi connectivity index (χ1v) is 4.39. The highest BCUT2D eigenvalue weighted by Crippen LogP contribution is 2.24. The van der Waals surface area contributed by atoms with Gasteiger partial charge in [-0.05, 0) is 0 Å². The van der Waals surface area contributed by atoms with Crippen LogP contribution in [0.4, 0.5) is 0 Å². The summed E-state index contributed by atoms with van der Waals surface area (Å²) in [7, 11) is 1.57. The van der Waals surface area contributed by atoms with Crippen molar-refractivity contribution in [3.8, 4) is 0 Å². The zero-order valence-corrected chi connectivity index (χ0v) is 8.96. The average Bonchev–Trinajstić information content (AvgIpc) is 2.32. The normalized spacial score (nSPS) is 12.1. The fourth-order valence-corrected chi connectivity index (χ4v) is 1.32. The number of hydrogen-bond donors (Lipinski definition) is 1. The monoisotopic (exact) mass is 200 g/mol. The molecule has 0 atom stereocenters. The van der Waals surface area contributed by atoms with E-state index in [2.05, 4.69) is 4.84 Å². The second-order valence-electron chi connectivity index (χ2n) is 4.26. The van der Waals surface area contributed by atoms with E-state index in [9.17, 15) is 4.79 Å². The maximum Gasteiger partial charge on any atom is 0.288 e. The minimum absolute atomic E-state index is 0.0791. The molecular formula is C9H16N2O3. The Balaban J connectivity index is 3.30. The van der Waals surface area contributed by atoms with Gasteiger partial charge in [0.1, 0.15) is 12.4 Å². The molecule has 80 valence electrons. The molecule has 0 unspecified atom stereocenters. The van der Waals surface area contributed by atoms with Crippen molar-refractivity contribution >= 4 is 0 Å². The molecule has 5 heteroatoms. The topological polar surface area (TPSA) is 70.4 Å². The SMILES string of the molecule is Cn1oc(C(C)(C)C)c(CON)c1=O. The average molecular weight is 200 g/mol. The first-order chi connectivity index (χ1) is 6.38. The van der Waals surface area contributed by atoms with Gasteiger partial charge in [0.15, 0.2) is 0 Å². The molecule has 0 aromatic carbocycles. The van der Waals surface area contributed by atoms with E-state index < -0.39 is 0 Å². The summed E-state index contributed by atoms with van der Waals surface area (Å²) in [4.78, 5) is 16.0. The summed E-state index contributed by atoms with van der Waals surface area (Å²) in [6.07, 6.45) is 0. The van der Waals surface area contributed by atoms with Crippen molar-refractivity contribution in [3.63, 3.8) is 0 Å². The van der Waals surface area contributed by atoms with Crippen LogP contribution in [-0.4, -0.2) is 4.74 Å². The molecule has 0 aliphatic carbocycles. The van der Waals surface area contributed by atoms with E-state index in [1.807, 2.05) is 20.8 Å². The van der Waals surface area contributed by atoms with E-state index >= 15 is 0 Å². The predicted octanol–water partition coefficient (Wildman–Crippen LogP) is 0.666. The van der Waals surface area contributed by atoms with Crippen LogP contribution >= 0.6 is 0 Å². The van der Waals surface area contributed by atoms with Crippen molar-refractivity contribution in [2.45, 2.75) is 32.8 Å². The lowest BCUT2D eigenvalue weighted by Gasteiger charge is -2.15. The van der Waals surface area contributed by atoms with E-state index in [-0.39, 0.29) is 17.6 Å². The van der Waals surface area contributed by atoms with Crippen LogP contribution in [-0.2, 0) is 23.9 Å². The number of hydrogen-bond acceptors (Lipinski definition) is 4. The predicted molar refractivity (Wildman–Crippen MR) is 51.6 cm³/mol. The molecule has 14 heavy (non-hydrogen) atoms. The third kappa shape index (κ3) is 1.88. The van der Waals surface area contributed by atoms with Crippen LogP contribution in [0.25, 0.3) is 0 Å². The molecule has 1 aromatic rings. The zero-order chi connectivity index (χ0) is 10.9. The number of aryl methyl sites for hydroxylation is 1. The molecule has 2 N–H and O–H groups in total. The fourth-order valence-electron chi connectivity index (χ4n) is 1.32. The van der Waals surface area contributed by atoms with Gasteiger partial charge >= 0.3 is 0 Å². The second kappa shape index (κ2) is 3.59. The van der Waals surface area contributed by atoms with E-state index in [4.69, 9.17) is 10.4 Å². The van der Waals surface area contributed by atoms with Crippen LogP contribution in [0, 0.1) is 0 Å². The second-order valence-corrected chi connectivity index (χ2v) is 4.26. The van der Waals surface area contributed by atoms with Crippen molar-refractivity contribution < 1.29 is 9.36 Å². The number of nitrogens with zero attached hydrogens (tertiary/aromatic N) is 1. The van der Waals surface area contributed by atoms with Crippen molar-refractivity contribution in [2.24, 2.45) is 12.9 Å². The van der Waals surface area contributed by atoms with Crippen LogP contribution in [0.5, 0.6) is 0 Å². The summed E-state index contributed by atoms with van der Waals surface area (Å²) in [5.74, 6) is 5.58. The highest BCUT2D eigenvalue weighted by atomic mass is 16.6. The number of nitrogens with two attached hydrogens (primary N) is 1. The van der Waals surface area contributed by atoms with Crippen molar-refractivity contribution in [1.82, 2.24) is 4.74 Å². The smallest absolute Gasteiger partial charge is 0.288 e. The van der Waals surface area contributed by atoms with Crippen LogP contribution in [0.1, 0.15) is 32.1 Å². The van der Waals surface area contributed by atoms with E-state index in [1.165, 1.54) is 4.74 Å². The van der Waals surface area contributed by atoms with Gasteiger partial charge in [-0.3, -0.25) is 9.63 Å². The Labute approximate surface area is 82.4 Å². The Morgan fingerprint density at radius 2 is 2.07 bits per heavy atom. The summed E-state index contributed by atoms with van der Waals surface area (Å²) in [5.41, 5.74) is 0.0664. The molecule has 0 radical (unpaired) electrons. The molecule has 1 heterocycles. The summed E-state index contributed by atoms with van der Waals surface area (Å²) in [5, 5.41) is 0. The van der Waals surface area contributed by atoms with Crippen LogP contribution in [0.15, 0.2) is 9.32 Å². The van der Waals surface area contributed by atoms with E-state index in [1.54, 1.807) is 7.05 Å². The summed E-state index contributed by atoms with van der Waals surface area (Å²) in [6, 6.07) is 0. The highest BCUT2D eigenvalue weighted by molar-refractivity contribution is 5.20. The molecule has 0 spiro atoms. The fraction of sp³-hybridized carbons (Fsp3) is 0.667. The standard InChI is InChI=1S/C9H16N2O3/c1-9(2,3)7-6(5-13-10)8(12)11(4)14-7/h5,10H2,1-4H3. The molecule has 1 rings (SSSR count). The largest absolute Gasteiger partial charge is 0.380 e. The van der Waals surface area contributed by atoms with Gasteiger partial charge in [-0.25, -0.2) is 5.90 Å². The van der Waals surface area contributed by atoms with Crippen LogP contribution in [0.2, 0.25) is 0 Å². The Bertz CT molecular complexity index is 370.